The van der Waals surface area contributed by atoms with Crippen molar-refractivity contribution in [3.05, 3.63) is 78.4 Å². The molecule has 158 valence electrons. The standard InChI is InChI=1S/C26H26N2O3/c29-26(20-12-14-21(15-13-20)30-19-7-18-27-16-5-6-17-27)28-22-8-1-3-10-24(22)31-25-11-4-2-9-23(25)28/h1-4,8-15H,5-7,16-19H2. The minimum Gasteiger partial charge on any atom is -0.494 e. The summed E-state index contributed by atoms with van der Waals surface area (Å²) in [6.07, 6.45) is 3.64. The summed E-state index contributed by atoms with van der Waals surface area (Å²) in [4.78, 5) is 17.7. The van der Waals surface area contributed by atoms with Gasteiger partial charge in [-0.1, -0.05) is 24.3 Å². The van der Waals surface area contributed by atoms with Crippen LogP contribution in [0.3, 0.4) is 0 Å². The first-order chi connectivity index (χ1) is 15.3. The van der Waals surface area contributed by atoms with Gasteiger partial charge in [0.2, 0.25) is 0 Å². The third kappa shape index (κ3) is 4.14. The highest BCUT2D eigenvalue weighted by atomic mass is 16.5. The number of para-hydroxylation sites is 4. The third-order valence-electron chi connectivity index (χ3n) is 5.82. The number of hydrogen-bond acceptors (Lipinski definition) is 4. The van der Waals surface area contributed by atoms with E-state index in [1.807, 2.05) is 72.8 Å². The van der Waals surface area contributed by atoms with Gasteiger partial charge >= 0.3 is 0 Å². The summed E-state index contributed by atoms with van der Waals surface area (Å²) in [6, 6.07) is 22.6. The van der Waals surface area contributed by atoms with Gasteiger partial charge in [-0.3, -0.25) is 9.69 Å². The van der Waals surface area contributed by atoms with Crippen LogP contribution < -0.4 is 14.4 Å². The van der Waals surface area contributed by atoms with Crippen molar-refractivity contribution in [2.45, 2.75) is 19.3 Å². The lowest BCUT2D eigenvalue weighted by Crippen LogP contribution is -2.28. The molecular weight excluding hydrogens is 388 g/mol. The maximum Gasteiger partial charge on any atom is 0.263 e. The second kappa shape index (κ2) is 8.82. The number of amides is 1. The van der Waals surface area contributed by atoms with Gasteiger partial charge in [0.15, 0.2) is 11.5 Å². The lowest BCUT2D eigenvalue weighted by molar-refractivity contribution is 0.0997. The molecule has 0 bridgehead atoms. The molecule has 1 fully saturated rings. The smallest absolute Gasteiger partial charge is 0.263 e. The van der Waals surface area contributed by atoms with Crippen molar-refractivity contribution < 1.29 is 14.3 Å². The molecule has 1 saturated heterocycles. The van der Waals surface area contributed by atoms with E-state index in [1.54, 1.807) is 4.90 Å². The van der Waals surface area contributed by atoms with Crippen LogP contribution in [0, 0.1) is 0 Å². The number of anilines is 2. The Labute approximate surface area is 182 Å². The van der Waals surface area contributed by atoms with E-state index in [0.29, 0.717) is 23.7 Å². The van der Waals surface area contributed by atoms with Gasteiger partial charge in [-0.2, -0.15) is 0 Å². The van der Waals surface area contributed by atoms with Crippen molar-refractivity contribution in [2.24, 2.45) is 0 Å². The summed E-state index contributed by atoms with van der Waals surface area (Å²) in [7, 11) is 0. The van der Waals surface area contributed by atoms with Crippen molar-refractivity contribution in [1.82, 2.24) is 4.90 Å². The minimum atomic E-state index is -0.0937. The quantitative estimate of drug-likeness (QED) is 0.490. The van der Waals surface area contributed by atoms with Crippen molar-refractivity contribution >= 4 is 17.3 Å². The summed E-state index contributed by atoms with van der Waals surface area (Å²) in [5, 5.41) is 0. The average molecular weight is 415 g/mol. The Morgan fingerprint density at radius 3 is 2.10 bits per heavy atom. The Morgan fingerprint density at radius 1 is 0.839 bits per heavy atom. The van der Waals surface area contributed by atoms with Crippen LogP contribution in [0.15, 0.2) is 72.8 Å². The zero-order valence-electron chi connectivity index (χ0n) is 17.5. The van der Waals surface area contributed by atoms with Gasteiger partial charge in [-0.15, -0.1) is 0 Å². The SMILES string of the molecule is O=C(c1ccc(OCCCN2CCCC2)cc1)N1c2ccccc2Oc2ccccc21. The molecule has 0 spiro atoms. The van der Waals surface area contributed by atoms with E-state index in [0.717, 1.165) is 30.1 Å². The van der Waals surface area contributed by atoms with Crippen LogP contribution in [-0.2, 0) is 0 Å². The molecule has 5 heteroatoms. The van der Waals surface area contributed by atoms with E-state index in [9.17, 15) is 4.79 Å². The fraction of sp³-hybridized carbons (Fsp3) is 0.269. The molecule has 5 nitrogen and oxygen atoms in total. The summed E-state index contributed by atoms with van der Waals surface area (Å²) < 4.78 is 11.9. The van der Waals surface area contributed by atoms with Crippen LogP contribution in [0.5, 0.6) is 17.2 Å². The van der Waals surface area contributed by atoms with Crippen molar-refractivity contribution in [3.63, 3.8) is 0 Å². The van der Waals surface area contributed by atoms with Crippen LogP contribution >= 0.6 is 0 Å². The first-order valence-corrected chi connectivity index (χ1v) is 11.0. The van der Waals surface area contributed by atoms with Gasteiger partial charge in [0.05, 0.1) is 18.0 Å². The molecule has 0 N–H and O–H groups in total. The maximum absolute atomic E-state index is 13.5. The van der Waals surface area contributed by atoms with Crippen molar-refractivity contribution in [2.75, 3.05) is 31.1 Å². The summed E-state index contributed by atoms with van der Waals surface area (Å²) >= 11 is 0. The molecule has 2 aliphatic rings. The number of hydrogen-bond donors (Lipinski definition) is 0. The molecule has 2 heterocycles. The Bertz CT molecular complexity index is 1010. The van der Waals surface area contributed by atoms with E-state index in [2.05, 4.69) is 4.90 Å². The average Bonchev–Trinajstić information content (AvgIpc) is 3.34. The first-order valence-electron chi connectivity index (χ1n) is 11.0. The van der Waals surface area contributed by atoms with Crippen LogP contribution in [0.2, 0.25) is 0 Å². The molecule has 3 aromatic rings. The predicted octanol–water partition coefficient (Wildman–Crippen LogP) is 5.64. The molecule has 0 unspecified atom stereocenters. The van der Waals surface area contributed by atoms with Gasteiger partial charge in [-0.25, -0.2) is 0 Å². The van der Waals surface area contributed by atoms with E-state index >= 15 is 0 Å². The van der Waals surface area contributed by atoms with Gasteiger partial charge in [-0.05, 0) is 80.9 Å². The number of carbonyl (C=O) groups is 1. The van der Waals surface area contributed by atoms with Crippen molar-refractivity contribution in [1.29, 1.82) is 0 Å². The number of fused-ring (bicyclic) bond motifs is 2. The molecule has 1 amide bonds. The summed E-state index contributed by atoms with van der Waals surface area (Å²) in [6.45, 7) is 4.20. The van der Waals surface area contributed by atoms with Gasteiger partial charge < -0.3 is 14.4 Å². The molecule has 0 saturated carbocycles. The second-order valence-corrected chi connectivity index (χ2v) is 7.95. The van der Waals surface area contributed by atoms with Crippen LogP contribution in [0.1, 0.15) is 29.6 Å². The lowest BCUT2D eigenvalue weighted by atomic mass is 10.1. The fourth-order valence-electron chi connectivity index (χ4n) is 4.23. The summed E-state index contributed by atoms with van der Waals surface area (Å²) in [5.41, 5.74) is 2.10. The van der Waals surface area contributed by atoms with Gasteiger partial charge in [0.25, 0.3) is 5.91 Å². The van der Waals surface area contributed by atoms with Crippen LogP contribution in [0.4, 0.5) is 11.4 Å². The highest BCUT2D eigenvalue weighted by Gasteiger charge is 2.29. The molecular formula is C26H26N2O3. The molecule has 3 aromatic carbocycles. The Balaban J connectivity index is 1.29. The third-order valence-corrected chi connectivity index (χ3v) is 5.82. The van der Waals surface area contributed by atoms with Gasteiger partial charge in [0.1, 0.15) is 5.75 Å². The highest BCUT2D eigenvalue weighted by molar-refractivity contribution is 6.13. The van der Waals surface area contributed by atoms with E-state index in [4.69, 9.17) is 9.47 Å². The Morgan fingerprint density at radius 2 is 1.45 bits per heavy atom. The topological polar surface area (TPSA) is 42.0 Å². The lowest BCUT2D eigenvalue weighted by Gasteiger charge is -2.31. The number of nitrogens with zero attached hydrogens (tertiary/aromatic N) is 2. The Hall–Kier alpha value is -3.31. The molecule has 0 aromatic heterocycles. The molecule has 5 rings (SSSR count). The molecule has 2 aliphatic heterocycles. The van der Waals surface area contributed by atoms with E-state index in [-0.39, 0.29) is 5.91 Å². The highest BCUT2D eigenvalue weighted by Crippen LogP contribution is 2.46. The first kappa shape index (κ1) is 19.6. The monoisotopic (exact) mass is 414 g/mol. The number of rotatable bonds is 6. The van der Waals surface area contributed by atoms with Crippen LogP contribution in [0.25, 0.3) is 0 Å². The zero-order valence-corrected chi connectivity index (χ0v) is 17.5. The van der Waals surface area contributed by atoms with Crippen molar-refractivity contribution in [3.8, 4) is 17.2 Å². The number of benzene rings is 3. The number of likely N-dealkylation sites (tertiary alicyclic amines) is 1. The van der Waals surface area contributed by atoms with Crippen LogP contribution in [-0.4, -0.2) is 37.0 Å². The normalized spacial score (nSPS) is 15.2. The molecule has 0 radical (unpaired) electrons. The van der Waals surface area contributed by atoms with Gasteiger partial charge in [0, 0.05) is 12.1 Å². The zero-order chi connectivity index (χ0) is 21.0. The fourth-order valence-corrected chi connectivity index (χ4v) is 4.23. The molecule has 0 aliphatic carbocycles. The largest absolute Gasteiger partial charge is 0.494 e. The Kier molecular flexibility index (Phi) is 5.59. The number of carbonyl (C=O) groups excluding carboxylic acids is 1. The van der Waals surface area contributed by atoms with E-state index < -0.39 is 0 Å². The predicted molar refractivity (Wildman–Crippen MR) is 122 cm³/mol. The number of ether oxygens (including phenoxy) is 2. The van der Waals surface area contributed by atoms with E-state index in [1.165, 1.54) is 25.9 Å². The minimum absolute atomic E-state index is 0.0937. The molecule has 31 heavy (non-hydrogen) atoms. The maximum atomic E-state index is 13.5. The molecule has 0 atom stereocenters. The second-order valence-electron chi connectivity index (χ2n) is 7.95. The summed E-state index contributed by atoms with van der Waals surface area (Å²) in [5.74, 6) is 2.05.